The maximum atomic E-state index is 11.6. The standard InChI is InChI=1S/C15H22N2O5/c1-3-8-22-14(18)9-13(15(19)17-20)16-10-11-4-6-12(21-2)7-5-11/h4-7,13,16,20H,3,8-10H2,1-2H3,(H,17,19). The van der Waals surface area contributed by atoms with Gasteiger partial charge in [0.1, 0.15) is 5.75 Å². The molecule has 1 aromatic carbocycles. The van der Waals surface area contributed by atoms with Crippen LogP contribution in [0.5, 0.6) is 5.75 Å². The van der Waals surface area contributed by atoms with Crippen molar-refractivity contribution in [1.82, 2.24) is 10.8 Å². The van der Waals surface area contributed by atoms with E-state index in [0.717, 1.165) is 11.3 Å². The lowest BCUT2D eigenvalue weighted by Gasteiger charge is -2.16. The van der Waals surface area contributed by atoms with Crippen LogP contribution in [-0.4, -0.2) is 36.8 Å². The zero-order valence-corrected chi connectivity index (χ0v) is 12.8. The van der Waals surface area contributed by atoms with Crippen molar-refractivity contribution in [2.45, 2.75) is 32.4 Å². The zero-order chi connectivity index (χ0) is 16.4. The van der Waals surface area contributed by atoms with Gasteiger partial charge in [0, 0.05) is 6.54 Å². The third kappa shape index (κ3) is 6.11. The van der Waals surface area contributed by atoms with Crippen molar-refractivity contribution in [1.29, 1.82) is 0 Å². The van der Waals surface area contributed by atoms with E-state index >= 15 is 0 Å². The fraction of sp³-hybridized carbons (Fsp3) is 0.467. The molecule has 1 amide bonds. The van der Waals surface area contributed by atoms with Gasteiger partial charge in [0.15, 0.2) is 0 Å². The summed E-state index contributed by atoms with van der Waals surface area (Å²) < 4.78 is 10.0. The van der Waals surface area contributed by atoms with Crippen molar-refractivity contribution >= 4 is 11.9 Å². The number of hydroxylamine groups is 1. The molecule has 1 unspecified atom stereocenters. The Balaban J connectivity index is 2.56. The molecule has 22 heavy (non-hydrogen) atoms. The van der Waals surface area contributed by atoms with Crippen molar-refractivity contribution in [3.8, 4) is 5.75 Å². The molecule has 7 nitrogen and oxygen atoms in total. The van der Waals surface area contributed by atoms with Crippen LogP contribution in [0.4, 0.5) is 0 Å². The minimum atomic E-state index is -0.864. The van der Waals surface area contributed by atoms with Gasteiger partial charge in [-0.1, -0.05) is 19.1 Å². The van der Waals surface area contributed by atoms with Gasteiger partial charge in [0.05, 0.1) is 26.2 Å². The third-order valence-electron chi connectivity index (χ3n) is 2.98. The first kappa shape index (κ1) is 17.9. The van der Waals surface area contributed by atoms with Crippen molar-refractivity contribution in [3.05, 3.63) is 29.8 Å². The van der Waals surface area contributed by atoms with E-state index in [1.54, 1.807) is 24.7 Å². The first-order chi connectivity index (χ1) is 10.6. The summed E-state index contributed by atoms with van der Waals surface area (Å²) in [5.74, 6) is -0.434. The minimum Gasteiger partial charge on any atom is -0.497 e. The van der Waals surface area contributed by atoms with Crippen molar-refractivity contribution in [2.24, 2.45) is 0 Å². The molecule has 0 bridgehead atoms. The Bertz CT molecular complexity index is 475. The van der Waals surface area contributed by atoms with Crippen LogP contribution in [0.25, 0.3) is 0 Å². The molecule has 1 atom stereocenters. The molecule has 1 aromatic rings. The fourth-order valence-electron chi connectivity index (χ4n) is 1.76. The Hall–Kier alpha value is -2.12. The number of hydrogen-bond donors (Lipinski definition) is 3. The first-order valence-corrected chi connectivity index (χ1v) is 7.06. The van der Waals surface area contributed by atoms with E-state index in [0.29, 0.717) is 19.6 Å². The van der Waals surface area contributed by atoms with Crippen LogP contribution in [0, 0.1) is 0 Å². The molecule has 0 aliphatic heterocycles. The Kier molecular flexibility index (Phi) is 7.95. The predicted octanol–water partition coefficient (Wildman–Crippen LogP) is 1.00. The monoisotopic (exact) mass is 310 g/mol. The molecule has 1 rings (SSSR count). The number of rotatable bonds is 9. The average molecular weight is 310 g/mol. The van der Waals surface area contributed by atoms with Gasteiger partial charge in [-0.3, -0.25) is 14.8 Å². The van der Waals surface area contributed by atoms with E-state index in [4.69, 9.17) is 14.7 Å². The van der Waals surface area contributed by atoms with Crippen molar-refractivity contribution in [2.75, 3.05) is 13.7 Å². The Morgan fingerprint density at radius 3 is 2.50 bits per heavy atom. The number of ether oxygens (including phenoxy) is 2. The molecule has 0 fully saturated rings. The summed E-state index contributed by atoms with van der Waals surface area (Å²) in [6.45, 7) is 2.56. The van der Waals surface area contributed by atoms with Crippen molar-refractivity contribution in [3.63, 3.8) is 0 Å². The third-order valence-corrected chi connectivity index (χ3v) is 2.98. The van der Waals surface area contributed by atoms with Gasteiger partial charge in [0.2, 0.25) is 0 Å². The molecule has 0 aliphatic carbocycles. The maximum absolute atomic E-state index is 11.6. The number of methoxy groups -OCH3 is 1. The summed E-state index contributed by atoms with van der Waals surface area (Å²) in [5, 5.41) is 11.7. The molecule has 0 spiro atoms. The predicted molar refractivity (Wildman–Crippen MR) is 79.4 cm³/mol. The second-order valence-electron chi connectivity index (χ2n) is 4.68. The summed E-state index contributed by atoms with van der Waals surface area (Å²) in [6, 6.07) is 6.42. The molecule has 3 N–H and O–H groups in total. The quantitative estimate of drug-likeness (QED) is 0.358. The van der Waals surface area contributed by atoms with E-state index < -0.39 is 17.9 Å². The molecule has 0 aromatic heterocycles. The molecular weight excluding hydrogens is 288 g/mol. The number of carbonyl (C=O) groups excluding carboxylic acids is 2. The first-order valence-electron chi connectivity index (χ1n) is 7.06. The van der Waals surface area contributed by atoms with E-state index in [-0.39, 0.29) is 6.42 Å². The Morgan fingerprint density at radius 2 is 1.95 bits per heavy atom. The average Bonchev–Trinajstić information content (AvgIpc) is 2.56. The summed E-state index contributed by atoms with van der Waals surface area (Å²) in [4.78, 5) is 23.2. The number of carbonyl (C=O) groups is 2. The molecule has 0 heterocycles. The molecule has 0 saturated carbocycles. The minimum absolute atomic E-state index is 0.150. The van der Waals surface area contributed by atoms with Gasteiger partial charge in [0.25, 0.3) is 5.91 Å². The second-order valence-corrected chi connectivity index (χ2v) is 4.68. The van der Waals surface area contributed by atoms with Crippen LogP contribution < -0.4 is 15.5 Å². The summed E-state index contributed by atoms with van der Waals surface area (Å²) >= 11 is 0. The highest BCUT2D eigenvalue weighted by Gasteiger charge is 2.21. The van der Waals surface area contributed by atoms with E-state index in [1.807, 2.05) is 19.1 Å². The lowest BCUT2D eigenvalue weighted by atomic mass is 10.1. The van der Waals surface area contributed by atoms with E-state index in [9.17, 15) is 9.59 Å². The lowest BCUT2D eigenvalue weighted by molar-refractivity contribution is -0.147. The Labute approximate surface area is 129 Å². The SMILES string of the molecule is CCCOC(=O)CC(NCc1ccc(OC)cc1)C(=O)NO. The van der Waals surface area contributed by atoms with Crippen LogP contribution in [0.3, 0.4) is 0 Å². The van der Waals surface area contributed by atoms with Crippen molar-refractivity contribution < 1.29 is 24.3 Å². The number of amides is 1. The normalized spacial score (nSPS) is 11.6. The molecule has 0 radical (unpaired) electrons. The van der Waals surface area contributed by atoms with Crippen LogP contribution in [0.15, 0.2) is 24.3 Å². The summed E-state index contributed by atoms with van der Waals surface area (Å²) in [7, 11) is 1.58. The van der Waals surface area contributed by atoms with Crippen LogP contribution >= 0.6 is 0 Å². The van der Waals surface area contributed by atoms with Gasteiger partial charge in [-0.15, -0.1) is 0 Å². The smallest absolute Gasteiger partial charge is 0.307 e. The number of nitrogens with one attached hydrogen (secondary N) is 2. The molecular formula is C15H22N2O5. The van der Waals surface area contributed by atoms with E-state index in [2.05, 4.69) is 5.32 Å². The molecule has 0 aliphatic rings. The maximum Gasteiger partial charge on any atom is 0.307 e. The van der Waals surface area contributed by atoms with Gasteiger partial charge in [-0.25, -0.2) is 5.48 Å². The molecule has 0 saturated heterocycles. The second kappa shape index (κ2) is 9.75. The van der Waals surface area contributed by atoms with Gasteiger partial charge in [-0.05, 0) is 24.1 Å². The number of esters is 1. The van der Waals surface area contributed by atoms with Crippen LogP contribution in [-0.2, 0) is 20.9 Å². The van der Waals surface area contributed by atoms with Gasteiger partial charge < -0.3 is 14.8 Å². The number of hydrogen-bond acceptors (Lipinski definition) is 6. The summed E-state index contributed by atoms with van der Waals surface area (Å²) in [6.07, 6.45) is 0.560. The van der Waals surface area contributed by atoms with Gasteiger partial charge in [-0.2, -0.15) is 0 Å². The number of benzene rings is 1. The van der Waals surface area contributed by atoms with Crippen LogP contribution in [0.2, 0.25) is 0 Å². The van der Waals surface area contributed by atoms with Crippen LogP contribution in [0.1, 0.15) is 25.3 Å². The highest BCUT2D eigenvalue weighted by atomic mass is 16.5. The fourth-order valence-corrected chi connectivity index (χ4v) is 1.76. The zero-order valence-electron chi connectivity index (χ0n) is 12.8. The lowest BCUT2D eigenvalue weighted by Crippen LogP contribution is -2.44. The molecule has 7 heteroatoms. The summed E-state index contributed by atoms with van der Waals surface area (Å²) in [5.41, 5.74) is 2.47. The highest BCUT2D eigenvalue weighted by Crippen LogP contribution is 2.11. The largest absolute Gasteiger partial charge is 0.497 e. The van der Waals surface area contributed by atoms with E-state index in [1.165, 1.54) is 0 Å². The molecule has 122 valence electrons. The Morgan fingerprint density at radius 1 is 1.27 bits per heavy atom. The van der Waals surface area contributed by atoms with Gasteiger partial charge >= 0.3 is 5.97 Å². The highest BCUT2D eigenvalue weighted by molar-refractivity contribution is 5.85. The topological polar surface area (TPSA) is 96.9 Å².